The van der Waals surface area contributed by atoms with Crippen LogP contribution in [-0.4, -0.2) is 21.9 Å². The fourth-order valence-electron chi connectivity index (χ4n) is 0.929. The smallest absolute Gasteiger partial charge is 0.135 e. The van der Waals surface area contributed by atoms with Crippen molar-refractivity contribution in [3.8, 4) is 11.8 Å². The van der Waals surface area contributed by atoms with E-state index in [2.05, 4.69) is 42.8 Å². The molecule has 0 bridgehead atoms. The molecule has 1 aromatic rings. The standard InChI is InChI=1S/C11H14N2O/c1-11(2,3)10-7-6-9(12-13-10)5-4-8-14/h6-7,14H,8H2,1-3H3. The highest BCUT2D eigenvalue weighted by atomic mass is 16.2. The molecule has 0 fully saturated rings. The Morgan fingerprint density at radius 1 is 1.29 bits per heavy atom. The van der Waals surface area contributed by atoms with Crippen molar-refractivity contribution >= 4 is 0 Å². The van der Waals surface area contributed by atoms with Crippen LogP contribution in [0, 0.1) is 11.8 Å². The molecule has 0 saturated carbocycles. The van der Waals surface area contributed by atoms with Crippen LogP contribution in [0.5, 0.6) is 0 Å². The van der Waals surface area contributed by atoms with Crippen LogP contribution in [-0.2, 0) is 5.41 Å². The minimum Gasteiger partial charge on any atom is -0.384 e. The van der Waals surface area contributed by atoms with Crippen molar-refractivity contribution in [1.82, 2.24) is 10.2 Å². The lowest BCUT2D eigenvalue weighted by molar-refractivity contribution is 0.350. The number of rotatable bonds is 0. The third-order valence-corrected chi connectivity index (χ3v) is 1.73. The molecular weight excluding hydrogens is 176 g/mol. The summed E-state index contributed by atoms with van der Waals surface area (Å²) in [6.07, 6.45) is 0. The average molecular weight is 190 g/mol. The summed E-state index contributed by atoms with van der Waals surface area (Å²) in [5.74, 6) is 5.23. The molecule has 0 saturated heterocycles. The maximum atomic E-state index is 8.49. The summed E-state index contributed by atoms with van der Waals surface area (Å²) in [5, 5.41) is 16.5. The zero-order chi connectivity index (χ0) is 10.6. The molecular formula is C11H14N2O. The fourth-order valence-corrected chi connectivity index (χ4v) is 0.929. The molecule has 0 amide bonds. The maximum absolute atomic E-state index is 8.49. The van der Waals surface area contributed by atoms with E-state index in [9.17, 15) is 0 Å². The lowest BCUT2D eigenvalue weighted by Gasteiger charge is -2.15. The molecule has 1 heterocycles. The first kappa shape index (κ1) is 10.7. The maximum Gasteiger partial charge on any atom is 0.135 e. The van der Waals surface area contributed by atoms with E-state index in [-0.39, 0.29) is 12.0 Å². The molecule has 0 aliphatic rings. The van der Waals surface area contributed by atoms with E-state index in [1.807, 2.05) is 12.1 Å². The Bertz CT molecular complexity index is 352. The summed E-state index contributed by atoms with van der Waals surface area (Å²) in [6, 6.07) is 3.73. The van der Waals surface area contributed by atoms with Gasteiger partial charge in [0.2, 0.25) is 0 Å². The van der Waals surface area contributed by atoms with E-state index >= 15 is 0 Å². The van der Waals surface area contributed by atoms with Gasteiger partial charge in [-0.2, -0.15) is 5.10 Å². The molecule has 0 spiro atoms. The Morgan fingerprint density at radius 3 is 2.43 bits per heavy atom. The van der Waals surface area contributed by atoms with Gasteiger partial charge in [0.05, 0.1) is 5.69 Å². The summed E-state index contributed by atoms with van der Waals surface area (Å²) >= 11 is 0. The third-order valence-electron chi connectivity index (χ3n) is 1.73. The average Bonchev–Trinajstić information content (AvgIpc) is 2.14. The van der Waals surface area contributed by atoms with Crippen LogP contribution < -0.4 is 0 Å². The first-order chi connectivity index (χ1) is 6.54. The van der Waals surface area contributed by atoms with Crippen LogP contribution in [0.15, 0.2) is 12.1 Å². The predicted molar refractivity (Wildman–Crippen MR) is 54.7 cm³/mol. The molecule has 0 aromatic carbocycles. The van der Waals surface area contributed by atoms with E-state index in [4.69, 9.17) is 5.11 Å². The molecule has 0 atom stereocenters. The Hall–Kier alpha value is -1.40. The van der Waals surface area contributed by atoms with Crippen molar-refractivity contribution in [1.29, 1.82) is 0 Å². The van der Waals surface area contributed by atoms with Crippen LogP contribution in [0.2, 0.25) is 0 Å². The molecule has 3 heteroatoms. The van der Waals surface area contributed by atoms with Gasteiger partial charge in [-0.1, -0.05) is 26.7 Å². The van der Waals surface area contributed by atoms with E-state index in [1.54, 1.807) is 0 Å². The molecule has 1 rings (SSSR count). The molecule has 0 radical (unpaired) electrons. The zero-order valence-corrected chi connectivity index (χ0v) is 8.70. The Balaban J connectivity index is 2.89. The van der Waals surface area contributed by atoms with Gasteiger partial charge in [0.25, 0.3) is 0 Å². The van der Waals surface area contributed by atoms with Crippen molar-refractivity contribution in [2.75, 3.05) is 6.61 Å². The summed E-state index contributed by atoms with van der Waals surface area (Å²) in [5.41, 5.74) is 1.54. The monoisotopic (exact) mass is 190 g/mol. The Morgan fingerprint density at radius 2 is 2.00 bits per heavy atom. The lowest BCUT2D eigenvalue weighted by atomic mass is 9.92. The van der Waals surface area contributed by atoms with Crippen molar-refractivity contribution in [3.63, 3.8) is 0 Å². The number of aliphatic hydroxyl groups excluding tert-OH is 1. The summed E-state index contributed by atoms with van der Waals surface area (Å²) in [7, 11) is 0. The molecule has 74 valence electrons. The van der Waals surface area contributed by atoms with Gasteiger partial charge >= 0.3 is 0 Å². The Labute approximate surface area is 84.2 Å². The minimum atomic E-state index is -0.150. The zero-order valence-electron chi connectivity index (χ0n) is 8.70. The van der Waals surface area contributed by atoms with Gasteiger partial charge in [-0.3, -0.25) is 0 Å². The van der Waals surface area contributed by atoms with Crippen molar-refractivity contribution in [2.45, 2.75) is 26.2 Å². The quantitative estimate of drug-likeness (QED) is 0.623. The van der Waals surface area contributed by atoms with Crippen LogP contribution in [0.25, 0.3) is 0 Å². The normalized spacial score (nSPS) is 10.6. The number of nitrogens with zero attached hydrogens (tertiary/aromatic N) is 2. The van der Waals surface area contributed by atoms with Crippen LogP contribution in [0.4, 0.5) is 0 Å². The highest BCUT2D eigenvalue weighted by Crippen LogP contribution is 2.18. The summed E-state index contributed by atoms with van der Waals surface area (Å²) in [4.78, 5) is 0. The van der Waals surface area contributed by atoms with Crippen LogP contribution >= 0.6 is 0 Å². The van der Waals surface area contributed by atoms with Crippen LogP contribution in [0.3, 0.4) is 0 Å². The van der Waals surface area contributed by atoms with Gasteiger partial charge in [0.15, 0.2) is 0 Å². The number of hydrogen-bond donors (Lipinski definition) is 1. The van der Waals surface area contributed by atoms with Gasteiger partial charge in [-0.25, -0.2) is 0 Å². The molecule has 1 N–H and O–H groups in total. The van der Waals surface area contributed by atoms with Gasteiger partial charge in [-0.15, -0.1) is 5.10 Å². The number of aromatic nitrogens is 2. The van der Waals surface area contributed by atoms with E-state index in [1.165, 1.54) is 0 Å². The second-order valence-corrected chi connectivity index (χ2v) is 4.01. The SMILES string of the molecule is CC(C)(C)c1ccc(C#CCO)nn1. The highest BCUT2D eigenvalue weighted by Gasteiger charge is 2.15. The second kappa shape index (κ2) is 4.21. The van der Waals surface area contributed by atoms with E-state index in [0.717, 1.165) is 5.69 Å². The van der Waals surface area contributed by atoms with Crippen molar-refractivity contribution in [2.24, 2.45) is 0 Å². The molecule has 3 nitrogen and oxygen atoms in total. The molecule has 1 aromatic heterocycles. The summed E-state index contributed by atoms with van der Waals surface area (Å²) < 4.78 is 0. The molecule has 0 aliphatic heterocycles. The first-order valence-corrected chi connectivity index (χ1v) is 4.48. The van der Waals surface area contributed by atoms with Gasteiger partial charge in [-0.05, 0) is 18.1 Å². The Kier molecular flexibility index (Phi) is 3.21. The first-order valence-electron chi connectivity index (χ1n) is 4.48. The third kappa shape index (κ3) is 2.82. The largest absolute Gasteiger partial charge is 0.384 e. The molecule has 0 aliphatic carbocycles. The highest BCUT2D eigenvalue weighted by molar-refractivity contribution is 5.27. The lowest BCUT2D eigenvalue weighted by Crippen LogP contribution is -2.14. The van der Waals surface area contributed by atoms with Crippen molar-refractivity contribution < 1.29 is 5.11 Å². The molecule has 0 unspecified atom stereocenters. The van der Waals surface area contributed by atoms with Crippen LogP contribution in [0.1, 0.15) is 32.2 Å². The summed E-state index contributed by atoms with van der Waals surface area (Å²) in [6.45, 7) is 6.09. The molecule has 14 heavy (non-hydrogen) atoms. The predicted octanol–water partition coefficient (Wildman–Crippen LogP) is 1.12. The number of aliphatic hydroxyl groups is 1. The van der Waals surface area contributed by atoms with E-state index < -0.39 is 0 Å². The number of hydrogen-bond acceptors (Lipinski definition) is 3. The second-order valence-electron chi connectivity index (χ2n) is 4.01. The minimum absolute atomic E-state index is 0.00986. The van der Waals surface area contributed by atoms with E-state index in [0.29, 0.717) is 5.69 Å². The topological polar surface area (TPSA) is 46.0 Å². The van der Waals surface area contributed by atoms with Gasteiger partial charge in [0.1, 0.15) is 12.3 Å². The fraction of sp³-hybridized carbons (Fsp3) is 0.455. The van der Waals surface area contributed by atoms with Gasteiger partial charge in [0, 0.05) is 5.41 Å². The van der Waals surface area contributed by atoms with Crippen molar-refractivity contribution in [3.05, 3.63) is 23.5 Å². The van der Waals surface area contributed by atoms with Gasteiger partial charge < -0.3 is 5.11 Å².